The molecular weight excluding hydrogens is 355 g/mol. The third-order valence-corrected chi connectivity index (χ3v) is 4.34. The second-order valence-corrected chi connectivity index (χ2v) is 6.04. The molecule has 0 saturated heterocycles. The van der Waals surface area contributed by atoms with Gasteiger partial charge in [-0.15, -0.1) is 0 Å². The Labute approximate surface area is 151 Å². The smallest absolute Gasteiger partial charge is 0.307 e. The molecule has 0 atom stereocenters. The monoisotopic (exact) mass is 367 g/mol. The van der Waals surface area contributed by atoms with Crippen molar-refractivity contribution in [1.29, 1.82) is 5.26 Å². The predicted molar refractivity (Wildman–Crippen MR) is 92.2 cm³/mol. The van der Waals surface area contributed by atoms with Gasteiger partial charge in [-0.3, -0.25) is 0 Å². The summed E-state index contributed by atoms with van der Waals surface area (Å²) in [5.41, 5.74) is 2.32. The molecule has 0 N–H and O–H groups in total. The van der Waals surface area contributed by atoms with Crippen molar-refractivity contribution in [3.8, 4) is 23.0 Å². The molecule has 0 aliphatic carbocycles. The third-order valence-electron chi connectivity index (χ3n) is 4.34. The lowest BCUT2D eigenvalue weighted by Crippen LogP contribution is -2.07. The minimum Gasteiger partial charge on any atom is -0.307 e. The Kier molecular flexibility index (Phi) is 3.73. The molecule has 0 unspecified atom stereocenters. The van der Waals surface area contributed by atoms with E-state index in [-0.39, 0.29) is 5.69 Å². The molecule has 0 spiro atoms. The number of nitriles is 1. The van der Waals surface area contributed by atoms with Crippen LogP contribution in [0, 0.1) is 18.3 Å². The third kappa shape index (κ3) is 2.83. The number of benzene rings is 1. The van der Waals surface area contributed by atoms with E-state index < -0.39 is 11.7 Å². The zero-order valence-electron chi connectivity index (χ0n) is 14.1. The topological polar surface area (TPSA) is 58.9 Å². The first-order chi connectivity index (χ1) is 12.9. The van der Waals surface area contributed by atoms with E-state index in [1.165, 1.54) is 17.0 Å². The number of rotatable bonds is 2. The van der Waals surface area contributed by atoms with E-state index in [2.05, 4.69) is 10.1 Å². The van der Waals surface area contributed by atoms with E-state index in [0.717, 1.165) is 17.6 Å². The summed E-state index contributed by atoms with van der Waals surface area (Å²) in [5, 5.41) is 13.6. The number of fused-ring (bicyclic) bond motifs is 1. The van der Waals surface area contributed by atoms with Gasteiger partial charge in [0.25, 0.3) is 0 Å². The number of hydrogen-bond acceptors (Lipinski definition) is 3. The fourth-order valence-corrected chi connectivity index (χ4v) is 3.01. The zero-order chi connectivity index (χ0) is 19.2. The molecule has 4 rings (SSSR count). The molecule has 0 saturated carbocycles. The average molecular weight is 367 g/mol. The summed E-state index contributed by atoms with van der Waals surface area (Å²) in [7, 11) is 0. The van der Waals surface area contributed by atoms with Crippen molar-refractivity contribution >= 4 is 5.52 Å². The number of alkyl halides is 3. The molecule has 134 valence electrons. The van der Waals surface area contributed by atoms with Crippen molar-refractivity contribution in [3.63, 3.8) is 0 Å². The molecular formula is C19H12F3N5. The molecule has 27 heavy (non-hydrogen) atoms. The molecule has 0 aliphatic heterocycles. The highest BCUT2D eigenvalue weighted by Gasteiger charge is 2.31. The van der Waals surface area contributed by atoms with Gasteiger partial charge in [-0.05, 0) is 42.8 Å². The molecule has 0 fully saturated rings. The van der Waals surface area contributed by atoms with Crippen molar-refractivity contribution in [2.45, 2.75) is 13.1 Å². The Hall–Kier alpha value is -3.60. The second-order valence-electron chi connectivity index (χ2n) is 6.04. The summed E-state index contributed by atoms with van der Waals surface area (Å²) in [6.45, 7) is 1.70. The highest BCUT2D eigenvalue weighted by molar-refractivity contribution is 5.77. The van der Waals surface area contributed by atoms with Gasteiger partial charge in [-0.25, -0.2) is 9.50 Å². The first-order valence-electron chi connectivity index (χ1n) is 7.98. The molecule has 3 aromatic heterocycles. The van der Waals surface area contributed by atoms with Crippen LogP contribution in [0.5, 0.6) is 0 Å². The van der Waals surface area contributed by atoms with Crippen LogP contribution in [-0.4, -0.2) is 19.2 Å². The highest BCUT2D eigenvalue weighted by Crippen LogP contribution is 2.33. The van der Waals surface area contributed by atoms with Crippen molar-refractivity contribution in [3.05, 3.63) is 71.9 Å². The van der Waals surface area contributed by atoms with Gasteiger partial charge in [-0.2, -0.15) is 23.5 Å². The van der Waals surface area contributed by atoms with Crippen LogP contribution in [0.3, 0.4) is 0 Å². The molecule has 4 aromatic rings. The van der Waals surface area contributed by atoms with Gasteiger partial charge in [0.15, 0.2) is 0 Å². The van der Waals surface area contributed by atoms with E-state index in [1.54, 1.807) is 29.9 Å². The fraction of sp³-hybridized carbons (Fsp3) is 0.105. The van der Waals surface area contributed by atoms with E-state index >= 15 is 0 Å². The summed E-state index contributed by atoms with van der Waals surface area (Å²) in [6, 6.07) is 10.8. The standard InChI is InChI=1S/C19H12F3N5/c1-12-4-5-14(19(20,21)22)8-17(12)26-10-13(7-15(26)9-23)18-16-3-2-6-27(16)25-11-24-18/h2-8,10-11H,1H3. The quantitative estimate of drug-likeness (QED) is 0.528. The molecule has 0 radical (unpaired) electrons. The summed E-state index contributed by atoms with van der Waals surface area (Å²) < 4.78 is 42.4. The first-order valence-corrected chi connectivity index (χ1v) is 7.98. The minimum atomic E-state index is -4.46. The Morgan fingerprint density at radius 2 is 1.96 bits per heavy atom. The SMILES string of the molecule is Cc1ccc(C(F)(F)F)cc1-n1cc(-c2ncnn3cccc23)cc1C#N. The van der Waals surface area contributed by atoms with Crippen LogP contribution in [0.25, 0.3) is 22.5 Å². The van der Waals surface area contributed by atoms with Crippen molar-refractivity contribution < 1.29 is 13.2 Å². The second kappa shape index (κ2) is 5.99. The van der Waals surface area contributed by atoms with Gasteiger partial charge in [0, 0.05) is 23.6 Å². The number of aryl methyl sites for hydroxylation is 1. The van der Waals surface area contributed by atoms with Crippen LogP contribution in [0.15, 0.2) is 55.1 Å². The molecule has 0 bridgehead atoms. The lowest BCUT2D eigenvalue weighted by Gasteiger charge is -2.13. The van der Waals surface area contributed by atoms with Crippen LogP contribution in [0.1, 0.15) is 16.8 Å². The summed E-state index contributed by atoms with van der Waals surface area (Å²) in [6.07, 6.45) is 0.313. The van der Waals surface area contributed by atoms with E-state index in [9.17, 15) is 18.4 Å². The molecule has 1 aromatic carbocycles. The lowest BCUT2D eigenvalue weighted by molar-refractivity contribution is -0.137. The number of hydrogen-bond donors (Lipinski definition) is 0. The number of nitrogens with zero attached hydrogens (tertiary/aromatic N) is 5. The molecule has 3 heterocycles. The maximum absolute atomic E-state index is 13.1. The van der Waals surface area contributed by atoms with Crippen LogP contribution in [0.4, 0.5) is 13.2 Å². The van der Waals surface area contributed by atoms with Crippen molar-refractivity contribution in [1.82, 2.24) is 19.2 Å². The van der Waals surface area contributed by atoms with E-state index in [0.29, 0.717) is 22.5 Å². The Morgan fingerprint density at radius 3 is 2.70 bits per heavy atom. The summed E-state index contributed by atoms with van der Waals surface area (Å²) in [4.78, 5) is 4.28. The van der Waals surface area contributed by atoms with Crippen LogP contribution in [0.2, 0.25) is 0 Å². The van der Waals surface area contributed by atoms with Crippen LogP contribution >= 0.6 is 0 Å². The zero-order valence-corrected chi connectivity index (χ0v) is 14.1. The lowest BCUT2D eigenvalue weighted by atomic mass is 10.1. The molecule has 5 nitrogen and oxygen atoms in total. The number of halogens is 3. The average Bonchev–Trinajstić information content (AvgIpc) is 3.27. The maximum atomic E-state index is 13.1. The summed E-state index contributed by atoms with van der Waals surface area (Å²) >= 11 is 0. The van der Waals surface area contributed by atoms with E-state index in [4.69, 9.17) is 0 Å². The van der Waals surface area contributed by atoms with E-state index in [1.807, 2.05) is 18.2 Å². The Balaban J connectivity index is 1.92. The largest absolute Gasteiger partial charge is 0.416 e. The van der Waals surface area contributed by atoms with Gasteiger partial charge < -0.3 is 4.57 Å². The van der Waals surface area contributed by atoms with Crippen LogP contribution < -0.4 is 0 Å². The maximum Gasteiger partial charge on any atom is 0.416 e. The highest BCUT2D eigenvalue weighted by atomic mass is 19.4. The van der Waals surface area contributed by atoms with Gasteiger partial charge in [0.2, 0.25) is 0 Å². The normalized spacial score (nSPS) is 11.7. The minimum absolute atomic E-state index is 0.218. The fourth-order valence-electron chi connectivity index (χ4n) is 3.01. The first kappa shape index (κ1) is 16.8. The van der Waals surface area contributed by atoms with Gasteiger partial charge in [-0.1, -0.05) is 6.07 Å². The molecule has 0 amide bonds. The van der Waals surface area contributed by atoms with Crippen molar-refractivity contribution in [2.75, 3.05) is 0 Å². The van der Waals surface area contributed by atoms with Gasteiger partial charge in [0.05, 0.1) is 16.8 Å². The molecule has 8 heteroatoms. The molecule has 0 aliphatic rings. The van der Waals surface area contributed by atoms with Gasteiger partial charge >= 0.3 is 6.18 Å². The Bertz CT molecular complexity index is 1190. The van der Waals surface area contributed by atoms with Gasteiger partial charge in [0.1, 0.15) is 18.1 Å². The summed E-state index contributed by atoms with van der Waals surface area (Å²) in [5.74, 6) is 0. The Morgan fingerprint density at radius 1 is 1.15 bits per heavy atom. The van der Waals surface area contributed by atoms with Crippen LogP contribution in [-0.2, 0) is 6.18 Å². The number of aromatic nitrogens is 4. The predicted octanol–water partition coefficient (Wildman–Crippen LogP) is 4.39. The van der Waals surface area contributed by atoms with Crippen molar-refractivity contribution in [2.24, 2.45) is 0 Å².